The smallest absolute Gasteiger partial charge is 0.261 e. The second-order valence-corrected chi connectivity index (χ2v) is 5.94. The highest BCUT2D eigenvalue weighted by Crippen LogP contribution is 2.34. The fourth-order valence-corrected chi connectivity index (χ4v) is 3.19. The minimum atomic E-state index is -0.215. The minimum absolute atomic E-state index is 0.215. The lowest BCUT2D eigenvalue weighted by atomic mass is 9.94. The van der Waals surface area contributed by atoms with E-state index < -0.39 is 0 Å². The summed E-state index contributed by atoms with van der Waals surface area (Å²) in [6, 6.07) is 9.17. The van der Waals surface area contributed by atoms with Gasteiger partial charge in [0, 0.05) is 27.5 Å². The fourth-order valence-electron chi connectivity index (χ4n) is 2.73. The van der Waals surface area contributed by atoms with Crippen molar-refractivity contribution in [2.24, 2.45) is 5.73 Å². The number of carbonyl (C=O) groups is 2. The van der Waals surface area contributed by atoms with Crippen molar-refractivity contribution >= 4 is 38.5 Å². The van der Waals surface area contributed by atoms with E-state index in [2.05, 4.69) is 15.9 Å². The van der Waals surface area contributed by atoms with Gasteiger partial charge in [0.15, 0.2) is 0 Å². The Morgan fingerprint density at radius 1 is 1.00 bits per heavy atom. The molecule has 1 aliphatic rings. The zero-order chi connectivity index (χ0) is 15.0. The van der Waals surface area contributed by atoms with Crippen LogP contribution in [0.15, 0.2) is 34.8 Å². The molecule has 3 rings (SSSR count). The third kappa shape index (κ3) is 2.26. The van der Waals surface area contributed by atoms with Gasteiger partial charge < -0.3 is 5.73 Å². The number of halogens is 1. The predicted molar refractivity (Wildman–Crippen MR) is 85.3 cm³/mol. The number of rotatable bonds is 4. The molecule has 0 saturated carbocycles. The van der Waals surface area contributed by atoms with E-state index in [1.165, 1.54) is 4.90 Å². The number of nitrogens with two attached hydrogens (primary N) is 1. The predicted octanol–water partition coefficient (Wildman–Crippen LogP) is 2.94. The summed E-state index contributed by atoms with van der Waals surface area (Å²) in [6.45, 7) is 0.982. The van der Waals surface area contributed by atoms with Crippen LogP contribution < -0.4 is 5.73 Å². The molecular formula is C16H15BrN2O2. The molecule has 0 radical (unpaired) electrons. The summed E-state index contributed by atoms with van der Waals surface area (Å²) in [6.07, 6.45) is 1.53. The number of carbonyl (C=O) groups excluding carboxylic acids is 2. The number of amides is 2. The normalized spacial score (nSPS) is 14.1. The second-order valence-electron chi connectivity index (χ2n) is 5.08. The Morgan fingerprint density at radius 2 is 1.71 bits per heavy atom. The lowest BCUT2D eigenvalue weighted by Gasteiger charge is -2.27. The second kappa shape index (κ2) is 5.58. The van der Waals surface area contributed by atoms with E-state index >= 15 is 0 Å². The maximum absolute atomic E-state index is 12.6. The molecular weight excluding hydrogens is 332 g/mol. The Bertz CT molecular complexity index is 720. The first-order valence-electron chi connectivity index (χ1n) is 6.92. The van der Waals surface area contributed by atoms with E-state index in [0.717, 1.165) is 28.1 Å². The van der Waals surface area contributed by atoms with Crippen LogP contribution in [0.4, 0.5) is 0 Å². The summed E-state index contributed by atoms with van der Waals surface area (Å²) in [5.74, 6) is -0.429. The lowest BCUT2D eigenvalue weighted by molar-refractivity contribution is 0.0608. The van der Waals surface area contributed by atoms with Gasteiger partial charge in [-0.05, 0) is 43.0 Å². The van der Waals surface area contributed by atoms with Crippen LogP contribution in [0.1, 0.15) is 33.6 Å². The third-order valence-electron chi connectivity index (χ3n) is 3.77. The number of imide groups is 1. The summed E-state index contributed by atoms with van der Waals surface area (Å²) < 4.78 is 0.889. The minimum Gasteiger partial charge on any atom is -0.330 e. The van der Waals surface area contributed by atoms with Gasteiger partial charge in [0.25, 0.3) is 11.8 Å². The SMILES string of the molecule is NCCCCN1C(=O)c2cccc3c(Br)ccc(c23)C1=O. The van der Waals surface area contributed by atoms with E-state index in [0.29, 0.717) is 24.2 Å². The maximum Gasteiger partial charge on any atom is 0.261 e. The number of benzene rings is 2. The quantitative estimate of drug-likeness (QED) is 0.683. The summed E-state index contributed by atoms with van der Waals surface area (Å²) in [5.41, 5.74) is 6.66. The van der Waals surface area contributed by atoms with Gasteiger partial charge in [-0.25, -0.2) is 0 Å². The molecule has 21 heavy (non-hydrogen) atoms. The average molecular weight is 347 g/mol. The van der Waals surface area contributed by atoms with Crippen molar-refractivity contribution in [1.29, 1.82) is 0 Å². The van der Waals surface area contributed by atoms with Gasteiger partial charge >= 0.3 is 0 Å². The number of hydrogen-bond acceptors (Lipinski definition) is 3. The molecule has 1 heterocycles. The van der Waals surface area contributed by atoms with Crippen LogP contribution in [-0.4, -0.2) is 29.8 Å². The highest BCUT2D eigenvalue weighted by molar-refractivity contribution is 9.10. The van der Waals surface area contributed by atoms with E-state index in [1.807, 2.05) is 18.2 Å². The van der Waals surface area contributed by atoms with Crippen LogP contribution in [0.25, 0.3) is 10.8 Å². The first-order valence-corrected chi connectivity index (χ1v) is 7.72. The summed E-state index contributed by atoms with van der Waals surface area (Å²) in [7, 11) is 0. The topological polar surface area (TPSA) is 63.4 Å². The van der Waals surface area contributed by atoms with Crippen molar-refractivity contribution in [3.05, 3.63) is 45.9 Å². The van der Waals surface area contributed by atoms with Crippen LogP contribution in [0.3, 0.4) is 0 Å². The molecule has 0 aromatic heterocycles. The Labute approximate surface area is 131 Å². The zero-order valence-electron chi connectivity index (χ0n) is 11.4. The van der Waals surface area contributed by atoms with Crippen molar-refractivity contribution in [2.45, 2.75) is 12.8 Å². The van der Waals surface area contributed by atoms with Crippen LogP contribution in [0.2, 0.25) is 0 Å². The molecule has 108 valence electrons. The maximum atomic E-state index is 12.6. The van der Waals surface area contributed by atoms with Gasteiger partial charge in [-0.2, -0.15) is 0 Å². The standard InChI is InChI=1S/C16H15BrN2O2/c17-13-7-6-12-14-10(13)4-3-5-11(14)15(20)19(16(12)21)9-2-1-8-18/h3-7H,1-2,8-9,18H2. The molecule has 0 fully saturated rings. The zero-order valence-corrected chi connectivity index (χ0v) is 13.0. The average Bonchev–Trinajstić information content (AvgIpc) is 2.49. The molecule has 0 unspecified atom stereocenters. The summed E-state index contributed by atoms with van der Waals surface area (Å²) in [4.78, 5) is 26.5. The van der Waals surface area contributed by atoms with Gasteiger partial charge in [-0.1, -0.05) is 28.1 Å². The fraction of sp³-hybridized carbons (Fsp3) is 0.250. The van der Waals surface area contributed by atoms with Gasteiger partial charge in [0.2, 0.25) is 0 Å². The summed E-state index contributed by atoms with van der Waals surface area (Å²) >= 11 is 3.47. The monoisotopic (exact) mass is 346 g/mol. The first kappa shape index (κ1) is 14.2. The number of unbranched alkanes of at least 4 members (excludes halogenated alkanes) is 1. The van der Waals surface area contributed by atoms with Crippen LogP contribution in [0, 0.1) is 0 Å². The molecule has 4 nitrogen and oxygen atoms in total. The first-order chi connectivity index (χ1) is 10.1. The lowest BCUT2D eigenvalue weighted by Crippen LogP contribution is -2.41. The van der Waals surface area contributed by atoms with Gasteiger partial charge in [-0.15, -0.1) is 0 Å². The Kier molecular flexibility index (Phi) is 3.78. The molecule has 0 saturated heterocycles. The van der Waals surface area contributed by atoms with Crippen LogP contribution in [-0.2, 0) is 0 Å². The van der Waals surface area contributed by atoms with E-state index in [4.69, 9.17) is 5.73 Å². The van der Waals surface area contributed by atoms with Crippen molar-refractivity contribution < 1.29 is 9.59 Å². The molecule has 2 N–H and O–H groups in total. The third-order valence-corrected chi connectivity index (χ3v) is 4.47. The Balaban J connectivity index is 2.11. The van der Waals surface area contributed by atoms with Crippen LogP contribution >= 0.6 is 15.9 Å². The van der Waals surface area contributed by atoms with Crippen molar-refractivity contribution in [3.8, 4) is 0 Å². The Morgan fingerprint density at radius 3 is 2.43 bits per heavy atom. The molecule has 5 heteroatoms. The highest BCUT2D eigenvalue weighted by Gasteiger charge is 2.32. The molecule has 2 aromatic carbocycles. The molecule has 0 atom stereocenters. The van der Waals surface area contributed by atoms with Crippen molar-refractivity contribution in [1.82, 2.24) is 4.90 Å². The largest absolute Gasteiger partial charge is 0.330 e. The highest BCUT2D eigenvalue weighted by atomic mass is 79.9. The number of nitrogens with zero attached hydrogens (tertiary/aromatic N) is 1. The van der Waals surface area contributed by atoms with E-state index in [9.17, 15) is 9.59 Å². The number of hydrogen-bond donors (Lipinski definition) is 1. The van der Waals surface area contributed by atoms with E-state index in [1.54, 1.807) is 12.1 Å². The summed E-state index contributed by atoms with van der Waals surface area (Å²) in [5, 5.41) is 1.64. The molecule has 0 aliphatic carbocycles. The van der Waals surface area contributed by atoms with Gasteiger partial charge in [-0.3, -0.25) is 14.5 Å². The molecule has 0 bridgehead atoms. The molecule has 1 aliphatic heterocycles. The van der Waals surface area contributed by atoms with Crippen molar-refractivity contribution in [3.63, 3.8) is 0 Å². The molecule has 2 amide bonds. The van der Waals surface area contributed by atoms with Crippen molar-refractivity contribution in [2.75, 3.05) is 13.1 Å². The van der Waals surface area contributed by atoms with Crippen LogP contribution in [0.5, 0.6) is 0 Å². The van der Waals surface area contributed by atoms with Gasteiger partial charge in [0.1, 0.15) is 0 Å². The Hall–Kier alpha value is -1.72. The van der Waals surface area contributed by atoms with Gasteiger partial charge in [0.05, 0.1) is 0 Å². The molecule has 2 aromatic rings. The van der Waals surface area contributed by atoms with E-state index in [-0.39, 0.29) is 11.8 Å². The molecule has 0 spiro atoms.